The van der Waals surface area contributed by atoms with Gasteiger partial charge in [0.15, 0.2) is 0 Å². The monoisotopic (exact) mass is 1410 g/mol. The third-order valence-electron chi connectivity index (χ3n) is 18.3. The summed E-state index contributed by atoms with van der Waals surface area (Å²) in [7, 11) is 3.01. The third kappa shape index (κ3) is 22.3. The van der Waals surface area contributed by atoms with E-state index in [0.29, 0.717) is 93.3 Å². The summed E-state index contributed by atoms with van der Waals surface area (Å²) in [6.45, 7) is 28.4. The van der Waals surface area contributed by atoms with Gasteiger partial charge in [0.25, 0.3) is 17.7 Å². The minimum Gasteiger partial charge on any atom is -0.508 e. The predicted molar refractivity (Wildman–Crippen MR) is 428 cm³/mol. The van der Waals surface area contributed by atoms with Crippen LogP contribution in [0, 0.1) is 6.92 Å². The summed E-state index contributed by atoms with van der Waals surface area (Å²) in [5.74, 6) is -0.251. The Bertz CT molecular complexity index is 4310. The minimum atomic E-state index is -0.270. The molecular weight excluding hydrogens is 1300 g/mol. The Kier molecular flexibility index (Phi) is 29.8. The Morgan fingerprint density at radius 2 is 0.683 bits per heavy atom. The number of ether oxygens (including phenoxy) is 2. The Hall–Kier alpha value is -10.8. The quantitative estimate of drug-likeness (QED) is 0.0140. The molecule has 0 aromatic heterocycles. The van der Waals surface area contributed by atoms with Crippen LogP contribution < -0.4 is 40.1 Å². The molecule has 0 bridgehead atoms. The first kappa shape index (κ1) is 80.5. The van der Waals surface area contributed by atoms with Gasteiger partial charge in [-0.3, -0.25) is 14.4 Å². The van der Waals surface area contributed by atoms with E-state index in [2.05, 4.69) is 142 Å². The Morgan fingerprint density at radius 3 is 1.08 bits per heavy atom. The number of hydrogen-bond donors (Lipinski definition) is 9. The van der Waals surface area contributed by atoms with Crippen LogP contribution in [0.15, 0.2) is 196 Å². The van der Waals surface area contributed by atoms with E-state index in [9.17, 15) is 45.0 Å². The van der Waals surface area contributed by atoms with Crippen LogP contribution in [-0.4, -0.2) is 82.2 Å². The molecular formula is C87H108N6O11. The molecule has 0 saturated heterocycles. The number of phenols is 6. The van der Waals surface area contributed by atoms with Gasteiger partial charge in [0.05, 0.1) is 65.0 Å². The highest BCUT2D eigenvalue weighted by atomic mass is 16.5. The van der Waals surface area contributed by atoms with Crippen molar-refractivity contribution >= 4 is 68.9 Å². The molecule has 0 spiro atoms. The summed E-state index contributed by atoms with van der Waals surface area (Å²) in [5, 5.41) is 71.9. The molecule has 3 amide bonds. The molecule has 552 valence electrons. The topological polar surface area (TPSA) is 237 Å². The summed E-state index contributed by atoms with van der Waals surface area (Å²) in [4.78, 5) is 45.4. The number of fused-ring (bicyclic) bond motifs is 6. The number of methoxy groups -OCH3 is 2. The van der Waals surface area contributed by atoms with Crippen LogP contribution in [0.1, 0.15) is 197 Å². The number of carbonyl (C=O) groups is 3. The van der Waals surface area contributed by atoms with Crippen molar-refractivity contribution < 1.29 is 54.5 Å². The van der Waals surface area contributed by atoms with Crippen LogP contribution >= 0.6 is 0 Å². The highest BCUT2D eigenvalue weighted by molar-refractivity contribution is 6.17. The summed E-state index contributed by atoms with van der Waals surface area (Å²) < 4.78 is 10.8. The number of carbonyl (C=O) groups excluding carboxylic acids is 3. The van der Waals surface area contributed by atoms with Gasteiger partial charge in [-0.2, -0.15) is 0 Å². The maximum absolute atomic E-state index is 13.5. The van der Waals surface area contributed by atoms with Crippen LogP contribution in [0.5, 0.6) is 46.0 Å². The van der Waals surface area contributed by atoms with Gasteiger partial charge in [0.1, 0.15) is 63.1 Å². The number of rotatable bonds is 26. The van der Waals surface area contributed by atoms with Gasteiger partial charge in [0, 0.05) is 56.0 Å². The molecule has 6 aromatic rings. The van der Waals surface area contributed by atoms with E-state index in [0.717, 1.165) is 82.6 Å². The van der Waals surface area contributed by atoms with E-state index in [4.69, 9.17) is 9.47 Å². The van der Waals surface area contributed by atoms with Crippen LogP contribution in [0.25, 0.3) is 0 Å². The summed E-state index contributed by atoms with van der Waals surface area (Å²) >= 11 is 0. The van der Waals surface area contributed by atoms with Crippen LogP contribution in [0.3, 0.4) is 0 Å². The van der Waals surface area contributed by atoms with Gasteiger partial charge in [-0.15, -0.1) is 0 Å². The molecule has 9 rings (SSSR count). The van der Waals surface area contributed by atoms with Crippen molar-refractivity contribution in [1.82, 2.24) is 0 Å². The van der Waals surface area contributed by atoms with Crippen molar-refractivity contribution in [3.05, 3.63) is 218 Å². The number of anilines is 9. The number of aryl methyl sites for hydroxylation is 1. The average Bonchev–Trinajstić information content (AvgIpc) is 1.64. The largest absolute Gasteiger partial charge is 0.508 e. The second-order valence-electron chi connectivity index (χ2n) is 27.8. The first-order valence-electron chi connectivity index (χ1n) is 35.8. The molecule has 0 atom stereocenters. The number of phenolic OH excluding ortho intramolecular Hbond substituents is 6. The normalized spacial score (nSPS) is 13.6. The zero-order chi connectivity index (χ0) is 75.9. The maximum Gasteiger partial charge on any atom is 0.260 e. The standard InChI is InChI=1S/2C29H36N2O4.C29H36N2O3/c1-19(2)9-6-10-20(3)11-7-12-21(4)15-16-31-24-17-22(35-5)18-26(33)28(24)30-27-23(29(31)34)13-8-14-25(27)32;1-19(2)9-6-10-20(3)11-7-12-21(4)15-16-31-24-17-22(32)18-26(35-5)28(24)30-27-23(29(31)34)13-8-14-25(27)33;1-19(2)9-6-10-20(3)11-7-12-21(4)15-16-31-25-17-23(32)18-26(33)28(25)30-27-22(5)13-8-14-24(27)29(31)34/h2*8-9,11,13-15,17-18,30,32-33H,6-7,10,12,16H2,1-5H3;8-9,11,13-15,17-18,30,32-33H,6-7,10,12,16H2,1-5H3/b3*20-11+,21-15+. The smallest absolute Gasteiger partial charge is 0.260 e. The van der Waals surface area contributed by atoms with Gasteiger partial charge >= 0.3 is 0 Å². The van der Waals surface area contributed by atoms with Gasteiger partial charge in [-0.1, -0.05) is 129 Å². The van der Waals surface area contributed by atoms with Crippen molar-refractivity contribution in [2.75, 3.05) is 64.5 Å². The summed E-state index contributed by atoms with van der Waals surface area (Å²) in [5.41, 5.74) is 17.9. The maximum atomic E-state index is 13.5. The average molecular weight is 1410 g/mol. The van der Waals surface area contributed by atoms with Crippen molar-refractivity contribution in [2.24, 2.45) is 0 Å². The third-order valence-corrected chi connectivity index (χ3v) is 18.3. The second kappa shape index (κ2) is 38.5. The lowest BCUT2D eigenvalue weighted by Gasteiger charge is -2.23. The van der Waals surface area contributed by atoms with Gasteiger partial charge in [-0.05, 0) is 203 Å². The first-order chi connectivity index (χ1) is 49.6. The number of nitrogens with one attached hydrogen (secondary N) is 3. The zero-order valence-corrected chi connectivity index (χ0v) is 63.5. The zero-order valence-electron chi connectivity index (χ0n) is 63.5. The van der Waals surface area contributed by atoms with Gasteiger partial charge in [-0.25, -0.2) is 0 Å². The summed E-state index contributed by atoms with van der Waals surface area (Å²) in [6.07, 6.45) is 31.8. The Labute approximate surface area is 616 Å². The molecule has 0 radical (unpaired) electrons. The minimum absolute atomic E-state index is 0.00944. The molecule has 3 heterocycles. The van der Waals surface area contributed by atoms with Gasteiger partial charge in [0.2, 0.25) is 0 Å². The molecule has 0 saturated carbocycles. The molecule has 17 heteroatoms. The molecule has 0 unspecified atom stereocenters. The molecule has 17 nitrogen and oxygen atoms in total. The first-order valence-corrected chi connectivity index (χ1v) is 35.8. The molecule has 3 aliphatic heterocycles. The predicted octanol–water partition coefficient (Wildman–Crippen LogP) is 22.0. The number of allylic oxidation sites excluding steroid dienone is 15. The van der Waals surface area contributed by atoms with Crippen molar-refractivity contribution in [3.63, 3.8) is 0 Å². The number of benzene rings is 6. The van der Waals surface area contributed by atoms with Crippen LogP contribution in [0.4, 0.5) is 51.2 Å². The fraction of sp³-hybridized carbons (Fsp3) is 0.345. The van der Waals surface area contributed by atoms with Crippen molar-refractivity contribution in [2.45, 2.75) is 167 Å². The van der Waals surface area contributed by atoms with Gasteiger partial charge < -0.3 is 70.8 Å². The van der Waals surface area contributed by atoms with E-state index < -0.39 is 0 Å². The van der Waals surface area contributed by atoms with E-state index >= 15 is 0 Å². The number of para-hydroxylation sites is 3. The lowest BCUT2D eigenvalue weighted by molar-refractivity contribution is 0.0983. The molecule has 104 heavy (non-hydrogen) atoms. The van der Waals surface area contributed by atoms with Crippen molar-refractivity contribution in [1.29, 1.82) is 0 Å². The Morgan fingerprint density at radius 1 is 0.356 bits per heavy atom. The Balaban J connectivity index is 0.000000218. The molecule has 6 aromatic carbocycles. The number of nitrogens with zero attached hydrogens (tertiary/aromatic N) is 3. The van der Waals surface area contributed by atoms with Crippen LogP contribution in [0.2, 0.25) is 0 Å². The SMILES string of the molecule is CC(C)=CCC/C(C)=C/CC/C(C)=C/CN1C(=O)c2cccc(C)c2Nc2c(O)cc(O)cc21.COc1cc(O)c2c(c1)N(C/C=C(\C)CC/C=C(\C)CCC=C(C)C)C(=O)c1cccc(O)c1N2.COc1cc(O)cc2c1Nc1c(O)cccc1C(=O)N2C/C=C(\C)CC/C=C(\C)CCC=C(C)C. The number of hydrogen-bond acceptors (Lipinski definition) is 14. The highest BCUT2D eigenvalue weighted by Gasteiger charge is 2.33. The highest BCUT2D eigenvalue weighted by Crippen LogP contribution is 2.49. The second-order valence-corrected chi connectivity index (χ2v) is 27.8. The molecule has 3 aliphatic rings. The summed E-state index contributed by atoms with van der Waals surface area (Å²) in [6, 6.07) is 24.2. The lowest BCUT2D eigenvalue weighted by Crippen LogP contribution is -2.30. The van der Waals surface area contributed by atoms with Crippen LogP contribution in [-0.2, 0) is 0 Å². The van der Waals surface area contributed by atoms with E-state index in [1.807, 2.05) is 31.2 Å². The molecule has 9 N–H and O–H groups in total. The number of aromatic hydroxyl groups is 6. The van der Waals surface area contributed by atoms with E-state index in [-0.39, 0.29) is 57.9 Å². The number of amides is 3. The van der Waals surface area contributed by atoms with E-state index in [1.54, 1.807) is 51.1 Å². The molecule has 0 aliphatic carbocycles. The molecule has 0 fully saturated rings. The van der Waals surface area contributed by atoms with E-state index in [1.165, 1.54) is 107 Å². The lowest BCUT2D eigenvalue weighted by atomic mass is 10.1. The fourth-order valence-electron chi connectivity index (χ4n) is 12.2. The van der Waals surface area contributed by atoms with Crippen molar-refractivity contribution in [3.8, 4) is 46.0 Å². The fourth-order valence-corrected chi connectivity index (χ4v) is 12.2.